The van der Waals surface area contributed by atoms with Gasteiger partial charge < -0.3 is 10.6 Å². The molecule has 3 rings (SSSR count). The first-order chi connectivity index (χ1) is 11.8. The lowest BCUT2D eigenvalue weighted by Gasteiger charge is -2.11. The van der Waals surface area contributed by atoms with Crippen LogP contribution in [0.4, 0.5) is 11.4 Å². The van der Waals surface area contributed by atoms with Gasteiger partial charge in [-0.15, -0.1) is 0 Å². The van der Waals surface area contributed by atoms with Crippen molar-refractivity contribution >= 4 is 28.2 Å². The number of pyridine rings is 1. The van der Waals surface area contributed by atoms with E-state index in [2.05, 4.69) is 22.5 Å². The van der Waals surface area contributed by atoms with E-state index in [1.165, 1.54) is 0 Å². The van der Waals surface area contributed by atoms with E-state index in [-0.39, 0.29) is 5.91 Å². The fourth-order valence-corrected chi connectivity index (χ4v) is 2.72. The lowest BCUT2D eigenvalue weighted by atomic mass is 10.1. The van der Waals surface area contributed by atoms with Crippen molar-refractivity contribution in [2.45, 2.75) is 19.8 Å². The maximum atomic E-state index is 12.2. The summed E-state index contributed by atoms with van der Waals surface area (Å²) in [7, 11) is 0. The van der Waals surface area contributed by atoms with Crippen molar-refractivity contribution in [3.8, 4) is 0 Å². The summed E-state index contributed by atoms with van der Waals surface area (Å²) in [5.41, 5.74) is 3.93. The molecule has 0 saturated heterocycles. The molecular weight excluding hydrogens is 298 g/mol. The van der Waals surface area contributed by atoms with Crippen LogP contribution < -0.4 is 10.6 Å². The van der Waals surface area contributed by atoms with Gasteiger partial charge in [0.05, 0.1) is 11.2 Å². The van der Waals surface area contributed by atoms with E-state index in [0.29, 0.717) is 13.0 Å². The number of aryl methyl sites for hydroxylation is 1. The number of amides is 1. The van der Waals surface area contributed by atoms with Crippen molar-refractivity contribution in [3.63, 3.8) is 0 Å². The summed E-state index contributed by atoms with van der Waals surface area (Å²) in [5, 5.41) is 7.39. The van der Waals surface area contributed by atoms with Crippen LogP contribution >= 0.6 is 0 Å². The van der Waals surface area contributed by atoms with Crippen LogP contribution in [0, 0.1) is 0 Å². The van der Waals surface area contributed by atoms with Crippen LogP contribution in [0.3, 0.4) is 0 Å². The van der Waals surface area contributed by atoms with Crippen molar-refractivity contribution in [3.05, 3.63) is 66.4 Å². The number of nitrogens with one attached hydrogen (secondary N) is 2. The molecule has 0 aliphatic heterocycles. The van der Waals surface area contributed by atoms with Crippen molar-refractivity contribution in [1.29, 1.82) is 0 Å². The molecule has 2 N–H and O–H groups in total. The smallest absolute Gasteiger partial charge is 0.226 e. The Bertz CT molecular complexity index is 840. The summed E-state index contributed by atoms with van der Waals surface area (Å²) in [4.78, 5) is 16.6. The third-order valence-electron chi connectivity index (χ3n) is 3.97. The van der Waals surface area contributed by atoms with Gasteiger partial charge in [-0.3, -0.25) is 9.78 Å². The van der Waals surface area contributed by atoms with Crippen molar-refractivity contribution in [1.82, 2.24) is 4.98 Å². The van der Waals surface area contributed by atoms with E-state index < -0.39 is 0 Å². The van der Waals surface area contributed by atoms with Gasteiger partial charge in [-0.05, 0) is 30.2 Å². The first kappa shape index (κ1) is 16.0. The molecule has 0 saturated carbocycles. The third-order valence-corrected chi connectivity index (χ3v) is 3.97. The second-order valence-electron chi connectivity index (χ2n) is 5.62. The fraction of sp³-hybridized carbons (Fsp3) is 0.200. The Morgan fingerprint density at radius 2 is 1.79 bits per heavy atom. The number of carbonyl (C=O) groups excluding carboxylic acids is 1. The molecule has 1 amide bonds. The minimum Gasteiger partial charge on any atom is -0.383 e. The van der Waals surface area contributed by atoms with Crippen molar-refractivity contribution < 1.29 is 4.79 Å². The predicted octanol–water partition coefficient (Wildman–Crippen LogP) is 4.24. The van der Waals surface area contributed by atoms with Crippen LogP contribution in [0.1, 0.15) is 18.9 Å². The van der Waals surface area contributed by atoms with Gasteiger partial charge in [-0.2, -0.15) is 0 Å². The number of para-hydroxylation sites is 2. The molecule has 4 heteroatoms. The van der Waals surface area contributed by atoms with Crippen molar-refractivity contribution in [2.75, 3.05) is 17.2 Å². The largest absolute Gasteiger partial charge is 0.383 e. The molecule has 24 heavy (non-hydrogen) atoms. The lowest BCUT2D eigenvalue weighted by Crippen LogP contribution is -2.17. The summed E-state index contributed by atoms with van der Waals surface area (Å²) >= 11 is 0. The van der Waals surface area contributed by atoms with Crippen LogP contribution in [-0.4, -0.2) is 17.4 Å². The number of carbonyl (C=O) groups is 1. The predicted molar refractivity (Wildman–Crippen MR) is 99.3 cm³/mol. The maximum absolute atomic E-state index is 12.2. The van der Waals surface area contributed by atoms with E-state index in [4.69, 9.17) is 0 Å². The van der Waals surface area contributed by atoms with Gasteiger partial charge in [0.25, 0.3) is 0 Å². The number of anilines is 2. The monoisotopic (exact) mass is 319 g/mol. The molecule has 1 aromatic heterocycles. The van der Waals surface area contributed by atoms with Crippen LogP contribution in [0.2, 0.25) is 0 Å². The topological polar surface area (TPSA) is 54.0 Å². The van der Waals surface area contributed by atoms with Gasteiger partial charge in [-0.1, -0.05) is 43.3 Å². The number of fused-ring (bicyclic) bond motifs is 1. The van der Waals surface area contributed by atoms with Crippen LogP contribution in [0.25, 0.3) is 10.9 Å². The lowest BCUT2D eigenvalue weighted by molar-refractivity contribution is -0.115. The molecule has 3 aromatic rings. The van der Waals surface area contributed by atoms with Gasteiger partial charge in [0.15, 0.2) is 0 Å². The highest BCUT2D eigenvalue weighted by molar-refractivity contribution is 5.93. The van der Waals surface area contributed by atoms with E-state index in [1.807, 2.05) is 54.6 Å². The molecule has 0 radical (unpaired) electrons. The zero-order chi connectivity index (χ0) is 16.8. The maximum Gasteiger partial charge on any atom is 0.226 e. The second-order valence-corrected chi connectivity index (χ2v) is 5.62. The molecule has 0 bridgehead atoms. The van der Waals surface area contributed by atoms with Gasteiger partial charge in [-0.25, -0.2) is 0 Å². The zero-order valence-corrected chi connectivity index (χ0v) is 13.8. The fourth-order valence-electron chi connectivity index (χ4n) is 2.72. The number of nitrogens with zero attached hydrogens (tertiary/aromatic N) is 1. The molecule has 0 aliphatic carbocycles. The molecule has 2 aromatic carbocycles. The minimum absolute atomic E-state index is 0.0107. The van der Waals surface area contributed by atoms with Crippen LogP contribution in [0.5, 0.6) is 0 Å². The summed E-state index contributed by atoms with van der Waals surface area (Å²) in [6.45, 7) is 2.65. The SMILES string of the molecule is CCc1ccccc1NC(=O)CCNc1cccc2cccnc12. The number of rotatable bonds is 6. The molecule has 0 fully saturated rings. The Morgan fingerprint density at radius 1 is 1.00 bits per heavy atom. The summed E-state index contributed by atoms with van der Waals surface area (Å²) in [6.07, 6.45) is 3.08. The van der Waals surface area contributed by atoms with E-state index in [1.54, 1.807) is 6.20 Å². The highest BCUT2D eigenvalue weighted by atomic mass is 16.1. The van der Waals surface area contributed by atoms with Gasteiger partial charge in [0, 0.05) is 30.2 Å². The third kappa shape index (κ3) is 3.71. The molecular formula is C20H21N3O. The standard InChI is InChI=1S/C20H21N3O/c1-2-15-7-3-4-10-17(15)23-19(24)12-14-21-18-11-5-8-16-9-6-13-22-20(16)18/h3-11,13,21H,2,12,14H2,1H3,(H,23,24). The highest BCUT2D eigenvalue weighted by Crippen LogP contribution is 2.20. The van der Waals surface area contributed by atoms with Crippen LogP contribution in [0.15, 0.2) is 60.8 Å². The Morgan fingerprint density at radius 3 is 2.67 bits per heavy atom. The van der Waals surface area contributed by atoms with E-state index >= 15 is 0 Å². The Labute approximate surface area is 141 Å². The van der Waals surface area contributed by atoms with E-state index in [9.17, 15) is 4.79 Å². The first-order valence-electron chi connectivity index (χ1n) is 8.23. The molecule has 0 spiro atoms. The molecule has 0 unspecified atom stereocenters. The number of hydrogen-bond acceptors (Lipinski definition) is 3. The molecule has 1 heterocycles. The van der Waals surface area contributed by atoms with Gasteiger partial charge >= 0.3 is 0 Å². The second kappa shape index (κ2) is 7.59. The Kier molecular flexibility index (Phi) is 5.06. The van der Waals surface area contributed by atoms with E-state index in [0.717, 1.165) is 34.3 Å². The Hall–Kier alpha value is -2.88. The zero-order valence-electron chi connectivity index (χ0n) is 13.8. The van der Waals surface area contributed by atoms with Gasteiger partial charge in [0.2, 0.25) is 5.91 Å². The van der Waals surface area contributed by atoms with Crippen LogP contribution in [-0.2, 0) is 11.2 Å². The Balaban J connectivity index is 1.59. The highest BCUT2D eigenvalue weighted by Gasteiger charge is 2.06. The summed E-state index contributed by atoms with van der Waals surface area (Å²) in [6, 6.07) is 17.9. The molecule has 122 valence electrons. The quantitative estimate of drug-likeness (QED) is 0.714. The number of aromatic nitrogens is 1. The average Bonchev–Trinajstić information content (AvgIpc) is 2.62. The summed E-state index contributed by atoms with van der Waals surface area (Å²) in [5.74, 6) is 0.0107. The van der Waals surface area contributed by atoms with Gasteiger partial charge in [0.1, 0.15) is 0 Å². The first-order valence-corrected chi connectivity index (χ1v) is 8.23. The number of benzene rings is 2. The minimum atomic E-state index is 0.0107. The van der Waals surface area contributed by atoms with Crippen molar-refractivity contribution in [2.24, 2.45) is 0 Å². The average molecular weight is 319 g/mol. The molecule has 4 nitrogen and oxygen atoms in total. The number of hydrogen-bond donors (Lipinski definition) is 2. The summed E-state index contributed by atoms with van der Waals surface area (Å²) < 4.78 is 0. The molecule has 0 atom stereocenters. The molecule has 0 aliphatic rings. The normalized spacial score (nSPS) is 10.5.